The summed E-state index contributed by atoms with van der Waals surface area (Å²) in [4.78, 5) is 35.0. The van der Waals surface area contributed by atoms with Crippen molar-refractivity contribution in [1.29, 1.82) is 0 Å². The van der Waals surface area contributed by atoms with Gasteiger partial charge in [0.05, 0.1) is 0 Å². The number of hydrogen-bond acceptors (Lipinski definition) is 4. The van der Waals surface area contributed by atoms with Crippen molar-refractivity contribution in [3.63, 3.8) is 0 Å². The fourth-order valence-corrected chi connectivity index (χ4v) is 2.00. The lowest BCUT2D eigenvalue weighted by Gasteiger charge is -2.14. The van der Waals surface area contributed by atoms with Crippen LogP contribution in [-0.2, 0) is 14.3 Å². The molecular weight excluding hydrogens is 296 g/mol. The Morgan fingerprint density at radius 3 is 2.48 bits per heavy atom. The molecule has 0 saturated heterocycles. The number of carbonyl (C=O) groups is 3. The van der Waals surface area contributed by atoms with Crippen molar-refractivity contribution in [2.24, 2.45) is 0 Å². The lowest BCUT2D eigenvalue weighted by atomic mass is 10.1. The Bertz CT molecular complexity index is 553. The van der Waals surface area contributed by atoms with E-state index in [0.717, 1.165) is 18.4 Å². The molecule has 1 aromatic rings. The van der Waals surface area contributed by atoms with Crippen LogP contribution in [0.5, 0.6) is 0 Å². The largest absolute Gasteiger partial charge is 0.454 e. The molecule has 0 fully saturated rings. The van der Waals surface area contributed by atoms with Crippen LogP contribution >= 0.6 is 0 Å². The molecule has 0 bridgehead atoms. The molecule has 1 aromatic carbocycles. The summed E-state index contributed by atoms with van der Waals surface area (Å²) in [5.41, 5.74) is 1.43. The van der Waals surface area contributed by atoms with Gasteiger partial charge in [-0.3, -0.25) is 14.4 Å². The fraction of sp³-hybridized carbons (Fsp3) is 0.471. The van der Waals surface area contributed by atoms with E-state index < -0.39 is 5.97 Å². The van der Waals surface area contributed by atoms with E-state index in [1.54, 1.807) is 18.2 Å². The number of rotatable bonds is 8. The molecule has 0 aromatic heterocycles. The van der Waals surface area contributed by atoms with Crippen LogP contribution in [0.1, 0.15) is 42.6 Å². The minimum absolute atomic E-state index is 0.0854. The van der Waals surface area contributed by atoms with Gasteiger partial charge in [0.25, 0.3) is 11.8 Å². The van der Waals surface area contributed by atoms with E-state index in [1.165, 1.54) is 0 Å². The first-order valence-corrected chi connectivity index (χ1v) is 7.76. The van der Waals surface area contributed by atoms with E-state index in [4.69, 9.17) is 4.74 Å². The number of ether oxygens (including phenoxy) is 1. The van der Waals surface area contributed by atoms with Crippen molar-refractivity contribution >= 4 is 17.8 Å². The van der Waals surface area contributed by atoms with Crippen LogP contribution in [0.25, 0.3) is 0 Å². The van der Waals surface area contributed by atoms with Crippen molar-refractivity contribution < 1.29 is 19.1 Å². The maximum atomic E-state index is 11.9. The number of esters is 1. The lowest BCUT2D eigenvalue weighted by molar-refractivity contribution is -0.147. The quantitative estimate of drug-likeness (QED) is 0.712. The maximum absolute atomic E-state index is 11.9. The van der Waals surface area contributed by atoms with Gasteiger partial charge in [-0.1, -0.05) is 31.5 Å². The Hall–Kier alpha value is -2.37. The SMILES string of the molecule is CCC(CC)NC(=O)COC(=O)CNC(=O)c1cccc(C)c1. The van der Waals surface area contributed by atoms with E-state index in [1.807, 2.05) is 26.8 Å². The molecular formula is C17H24N2O4. The molecule has 2 N–H and O–H groups in total. The van der Waals surface area contributed by atoms with Gasteiger partial charge in [0.1, 0.15) is 6.54 Å². The average Bonchev–Trinajstić information content (AvgIpc) is 2.55. The molecule has 23 heavy (non-hydrogen) atoms. The highest BCUT2D eigenvalue weighted by Gasteiger charge is 2.12. The minimum Gasteiger partial charge on any atom is -0.454 e. The molecule has 126 valence electrons. The smallest absolute Gasteiger partial charge is 0.325 e. The highest BCUT2D eigenvalue weighted by molar-refractivity contribution is 5.96. The van der Waals surface area contributed by atoms with Crippen LogP contribution in [0, 0.1) is 6.92 Å². The molecule has 0 heterocycles. The third-order valence-electron chi connectivity index (χ3n) is 3.39. The summed E-state index contributed by atoms with van der Waals surface area (Å²) in [5, 5.41) is 5.23. The number of carbonyl (C=O) groups excluding carboxylic acids is 3. The highest BCUT2D eigenvalue weighted by Crippen LogP contribution is 2.03. The number of nitrogens with one attached hydrogen (secondary N) is 2. The van der Waals surface area contributed by atoms with E-state index in [9.17, 15) is 14.4 Å². The van der Waals surface area contributed by atoms with Crippen LogP contribution in [0.2, 0.25) is 0 Å². The van der Waals surface area contributed by atoms with Crippen LogP contribution in [-0.4, -0.2) is 37.0 Å². The van der Waals surface area contributed by atoms with Gasteiger partial charge < -0.3 is 15.4 Å². The van der Waals surface area contributed by atoms with Gasteiger partial charge >= 0.3 is 5.97 Å². The van der Waals surface area contributed by atoms with Crippen LogP contribution in [0.15, 0.2) is 24.3 Å². The van der Waals surface area contributed by atoms with Crippen LogP contribution in [0.4, 0.5) is 0 Å². The molecule has 0 aliphatic carbocycles. The predicted molar refractivity (Wildman–Crippen MR) is 87.0 cm³/mol. The number of benzene rings is 1. The lowest BCUT2D eigenvalue weighted by Crippen LogP contribution is -2.38. The first-order valence-electron chi connectivity index (χ1n) is 7.76. The molecule has 0 saturated carbocycles. The highest BCUT2D eigenvalue weighted by atomic mass is 16.5. The predicted octanol–water partition coefficient (Wildman–Crippen LogP) is 1.57. The summed E-state index contributed by atoms with van der Waals surface area (Å²) in [6, 6.07) is 7.12. The molecule has 0 radical (unpaired) electrons. The minimum atomic E-state index is -0.647. The third-order valence-corrected chi connectivity index (χ3v) is 3.39. The maximum Gasteiger partial charge on any atom is 0.325 e. The number of amides is 2. The standard InChI is InChI=1S/C17H24N2O4/c1-4-14(5-2)19-15(20)11-23-16(21)10-18-17(22)13-8-6-7-12(3)9-13/h6-9,14H,4-5,10-11H2,1-3H3,(H,18,22)(H,19,20). The van der Waals surface area contributed by atoms with E-state index in [0.29, 0.717) is 5.56 Å². The molecule has 1 rings (SSSR count). The Balaban J connectivity index is 2.31. The van der Waals surface area contributed by atoms with Gasteiger partial charge in [-0.15, -0.1) is 0 Å². The van der Waals surface area contributed by atoms with Gasteiger partial charge in [0.2, 0.25) is 0 Å². The van der Waals surface area contributed by atoms with Crippen molar-refractivity contribution in [2.75, 3.05) is 13.2 Å². The Morgan fingerprint density at radius 2 is 1.87 bits per heavy atom. The zero-order chi connectivity index (χ0) is 17.2. The van der Waals surface area contributed by atoms with E-state index in [-0.39, 0.29) is 31.0 Å². The van der Waals surface area contributed by atoms with Crippen molar-refractivity contribution in [3.8, 4) is 0 Å². The van der Waals surface area contributed by atoms with Crippen LogP contribution < -0.4 is 10.6 Å². The molecule has 0 aliphatic heterocycles. The molecule has 6 nitrogen and oxygen atoms in total. The first-order chi connectivity index (χ1) is 11.0. The van der Waals surface area contributed by atoms with Gasteiger partial charge in [-0.05, 0) is 31.9 Å². The zero-order valence-electron chi connectivity index (χ0n) is 13.8. The van der Waals surface area contributed by atoms with Crippen molar-refractivity contribution in [1.82, 2.24) is 10.6 Å². The average molecular weight is 320 g/mol. The van der Waals surface area contributed by atoms with Gasteiger partial charge in [0, 0.05) is 11.6 Å². The van der Waals surface area contributed by atoms with Gasteiger partial charge in [-0.25, -0.2) is 0 Å². The van der Waals surface area contributed by atoms with E-state index in [2.05, 4.69) is 10.6 Å². The molecule has 2 amide bonds. The summed E-state index contributed by atoms with van der Waals surface area (Å²) in [6.07, 6.45) is 1.64. The topological polar surface area (TPSA) is 84.5 Å². The molecule has 0 aliphatic rings. The molecule has 0 spiro atoms. The normalized spacial score (nSPS) is 10.3. The summed E-state index contributed by atoms with van der Waals surface area (Å²) in [7, 11) is 0. The second kappa shape index (κ2) is 9.61. The summed E-state index contributed by atoms with van der Waals surface area (Å²) >= 11 is 0. The van der Waals surface area contributed by atoms with Crippen molar-refractivity contribution in [2.45, 2.75) is 39.7 Å². The van der Waals surface area contributed by atoms with Crippen LogP contribution in [0.3, 0.4) is 0 Å². The molecule has 6 heteroatoms. The fourth-order valence-electron chi connectivity index (χ4n) is 2.00. The van der Waals surface area contributed by atoms with E-state index >= 15 is 0 Å². The number of aryl methyl sites for hydroxylation is 1. The second-order valence-corrected chi connectivity index (χ2v) is 5.29. The number of hydrogen-bond donors (Lipinski definition) is 2. The summed E-state index contributed by atoms with van der Waals surface area (Å²) in [5.74, 6) is -1.34. The Kier molecular flexibility index (Phi) is 7.80. The molecule has 0 atom stereocenters. The second-order valence-electron chi connectivity index (χ2n) is 5.29. The monoisotopic (exact) mass is 320 g/mol. The summed E-state index contributed by atoms with van der Waals surface area (Å²) < 4.78 is 4.84. The third kappa shape index (κ3) is 6.95. The Labute approximate surface area is 136 Å². The Morgan fingerprint density at radius 1 is 1.17 bits per heavy atom. The van der Waals surface area contributed by atoms with Gasteiger partial charge in [-0.2, -0.15) is 0 Å². The zero-order valence-corrected chi connectivity index (χ0v) is 13.8. The first kappa shape index (κ1) is 18.7. The summed E-state index contributed by atoms with van der Waals surface area (Å²) in [6.45, 7) is 5.22. The van der Waals surface area contributed by atoms with Gasteiger partial charge in [0.15, 0.2) is 6.61 Å². The molecule has 0 unspecified atom stereocenters. The van der Waals surface area contributed by atoms with Crippen molar-refractivity contribution in [3.05, 3.63) is 35.4 Å².